The van der Waals surface area contributed by atoms with Crippen molar-refractivity contribution >= 4 is 33.5 Å². The number of ether oxygens (including phenoxy) is 1. The van der Waals surface area contributed by atoms with E-state index in [4.69, 9.17) is 16.3 Å². The van der Waals surface area contributed by atoms with Gasteiger partial charge in [0.25, 0.3) is 0 Å². The molecule has 0 unspecified atom stereocenters. The van der Waals surface area contributed by atoms with E-state index in [1.165, 1.54) is 11.4 Å². The van der Waals surface area contributed by atoms with Crippen LogP contribution in [0.15, 0.2) is 95.9 Å². The van der Waals surface area contributed by atoms with Gasteiger partial charge in [-0.3, -0.25) is 4.79 Å². The van der Waals surface area contributed by atoms with E-state index in [1.807, 2.05) is 51.1 Å². The molecule has 3 aromatic carbocycles. The summed E-state index contributed by atoms with van der Waals surface area (Å²) in [6, 6.07) is 20.4. The van der Waals surface area contributed by atoms with Gasteiger partial charge < -0.3 is 10.1 Å². The number of methoxy groups -OCH3 is 1. The molecule has 0 bridgehead atoms. The summed E-state index contributed by atoms with van der Waals surface area (Å²) in [7, 11) is -2.88. The second-order valence-corrected chi connectivity index (χ2v) is 13.4. The van der Waals surface area contributed by atoms with Gasteiger partial charge in [-0.05, 0) is 47.2 Å². The molecule has 1 amide bonds. The van der Waals surface area contributed by atoms with Crippen molar-refractivity contribution in [3.8, 4) is 0 Å². The molecule has 0 aliphatic rings. The highest BCUT2D eigenvalue weighted by atomic mass is 35.5. The maximum Gasteiger partial charge on any atom is 0.328 e. The molecular formula is C32H37ClN2O5S. The first-order valence-corrected chi connectivity index (χ1v) is 15.0. The van der Waals surface area contributed by atoms with Gasteiger partial charge in [-0.25, -0.2) is 13.2 Å². The lowest BCUT2D eigenvalue weighted by atomic mass is 9.93. The molecule has 41 heavy (non-hydrogen) atoms. The summed E-state index contributed by atoms with van der Waals surface area (Å²) in [5.74, 6) is -1.30. The molecule has 9 heteroatoms. The van der Waals surface area contributed by atoms with Gasteiger partial charge in [-0.1, -0.05) is 99.6 Å². The van der Waals surface area contributed by atoms with Crippen molar-refractivity contribution in [3.05, 3.63) is 113 Å². The zero-order chi connectivity index (χ0) is 30.4. The molecule has 0 aliphatic carbocycles. The molecular weight excluding hydrogens is 560 g/mol. The van der Waals surface area contributed by atoms with Crippen LogP contribution < -0.4 is 5.32 Å². The van der Waals surface area contributed by atoms with Crippen LogP contribution in [0.5, 0.6) is 0 Å². The number of benzene rings is 3. The first kappa shape index (κ1) is 32.1. The average molecular weight is 597 g/mol. The second-order valence-electron chi connectivity index (χ2n) is 11.1. The maximum atomic E-state index is 14.3. The van der Waals surface area contributed by atoms with E-state index in [0.717, 1.165) is 5.56 Å². The topological polar surface area (TPSA) is 92.8 Å². The van der Waals surface area contributed by atoms with Crippen molar-refractivity contribution in [2.75, 3.05) is 13.7 Å². The second kappa shape index (κ2) is 13.5. The van der Waals surface area contributed by atoms with E-state index in [0.29, 0.717) is 16.1 Å². The van der Waals surface area contributed by atoms with Crippen molar-refractivity contribution in [1.82, 2.24) is 9.62 Å². The van der Waals surface area contributed by atoms with Gasteiger partial charge in [0.2, 0.25) is 15.9 Å². The van der Waals surface area contributed by atoms with E-state index in [-0.39, 0.29) is 23.4 Å². The summed E-state index contributed by atoms with van der Waals surface area (Å²) in [6.45, 7) is 11.6. The smallest absolute Gasteiger partial charge is 0.328 e. The number of carbonyl (C=O) groups excluding carboxylic acids is 2. The molecule has 0 heterocycles. The molecule has 0 spiro atoms. The summed E-state index contributed by atoms with van der Waals surface area (Å²) >= 11 is 6.16. The highest BCUT2D eigenvalue weighted by molar-refractivity contribution is 7.89. The van der Waals surface area contributed by atoms with Crippen molar-refractivity contribution < 1.29 is 22.7 Å². The van der Waals surface area contributed by atoms with Gasteiger partial charge in [0.15, 0.2) is 0 Å². The Morgan fingerprint density at radius 2 is 1.56 bits per heavy atom. The van der Waals surface area contributed by atoms with Crippen LogP contribution in [0.2, 0.25) is 5.02 Å². The van der Waals surface area contributed by atoms with Gasteiger partial charge in [0, 0.05) is 23.6 Å². The fraction of sp³-hybridized carbons (Fsp3) is 0.312. The molecule has 1 N–H and O–H groups in total. The number of hydrogen-bond donors (Lipinski definition) is 1. The maximum absolute atomic E-state index is 14.3. The summed E-state index contributed by atoms with van der Waals surface area (Å²) in [4.78, 5) is 26.6. The van der Waals surface area contributed by atoms with Crippen LogP contribution in [0.3, 0.4) is 0 Å². The standard InChI is InChI=1S/C32H37ClN2O5S/c1-22-12-10-11-15-28(22)41(38,39)35(21-32(3,4)5)29(25-16-18-26(33)19-17-25)23(2)30(36)34-27(31(37)40-6)20-24-13-8-7-9-14-24/h7-19,27,29H,2,20-21H2,1,3-6H3,(H,34,36)/t27-,29-/m1/s1. The van der Waals surface area contributed by atoms with Crippen molar-refractivity contribution in [2.24, 2.45) is 5.41 Å². The summed E-state index contributed by atoms with van der Waals surface area (Å²) in [5.41, 5.74) is 1.37. The van der Waals surface area contributed by atoms with Crippen molar-refractivity contribution in [1.29, 1.82) is 0 Å². The number of rotatable bonds is 11. The lowest BCUT2D eigenvalue weighted by Crippen LogP contribution is -2.47. The fourth-order valence-electron chi connectivity index (χ4n) is 4.50. The van der Waals surface area contributed by atoms with Crippen LogP contribution in [-0.2, 0) is 30.8 Å². The molecule has 7 nitrogen and oxygen atoms in total. The third kappa shape index (κ3) is 8.28. The molecule has 3 aromatic rings. The Hall–Kier alpha value is -3.46. The minimum atomic E-state index is -4.13. The molecule has 3 rings (SSSR count). The number of nitrogens with one attached hydrogen (secondary N) is 1. The van der Waals surface area contributed by atoms with Crippen LogP contribution in [0, 0.1) is 12.3 Å². The molecule has 0 aromatic heterocycles. The highest BCUT2D eigenvalue weighted by Gasteiger charge is 2.39. The predicted octanol–water partition coefficient (Wildman–Crippen LogP) is 5.88. The van der Waals surface area contributed by atoms with Gasteiger partial charge >= 0.3 is 5.97 Å². The monoisotopic (exact) mass is 596 g/mol. The first-order chi connectivity index (χ1) is 19.2. The fourth-order valence-corrected chi connectivity index (χ4v) is 6.69. The van der Waals surface area contributed by atoms with Crippen LogP contribution in [0.4, 0.5) is 0 Å². The number of carbonyl (C=O) groups is 2. The Balaban J connectivity index is 2.11. The Morgan fingerprint density at radius 3 is 2.12 bits per heavy atom. The van der Waals surface area contributed by atoms with Crippen molar-refractivity contribution in [2.45, 2.75) is 51.1 Å². The van der Waals surface area contributed by atoms with Crippen LogP contribution >= 0.6 is 11.6 Å². The summed E-state index contributed by atoms with van der Waals surface area (Å²) < 4.78 is 34.9. The van der Waals surface area contributed by atoms with E-state index in [1.54, 1.807) is 55.5 Å². The number of aryl methyl sites for hydroxylation is 1. The van der Waals surface area contributed by atoms with E-state index in [2.05, 4.69) is 11.9 Å². The van der Waals surface area contributed by atoms with Crippen molar-refractivity contribution in [3.63, 3.8) is 0 Å². The molecule has 0 aliphatic heterocycles. The number of sulfonamides is 1. The lowest BCUT2D eigenvalue weighted by molar-refractivity contribution is -0.144. The number of nitrogens with zero attached hydrogens (tertiary/aromatic N) is 1. The summed E-state index contributed by atoms with van der Waals surface area (Å²) in [5, 5.41) is 3.20. The van der Waals surface area contributed by atoms with Gasteiger partial charge in [-0.2, -0.15) is 4.31 Å². The SMILES string of the molecule is C=C(C(=O)N[C@H](Cc1ccccc1)C(=O)OC)[C@H](c1ccc(Cl)cc1)N(CC(C)(C)C)S(=O)(=O)c1ccccc1C. The molecule has 0 radical (unpaired) electrons. The Bertz CT molecular complexity index is 1480. The first-order valence-electron chi connectivity index (χ1n) is 13.2. The lowest BCUT2D eigenvalue weighted by Gasteiger charge is -2.37. The van der Waals surface area contributed by atoms with E-state index < -0.39 is 39.4 Å². The number of esters is 1. The molecule has 2 atom stereocenters. The van der Waals surface area contributed by atoms with Crippen LogP contribution in [-0.4, -0.2) is 44.3 Å². The third-order valence-corrected chi connectivity index (χ3v) is 8.70. The third-order valence-electron chi connectivity index (χ3n) is 6.48. The van der Waals surface area contributed by atoms with Gasteiger partial charge in [0.1, 0.15) is 6.04 Å². The average Bonchev–Trinajstić information content (AvgIpc) is 2.92. The summed E-state index contributed by atoms with van der Waals surface area (Å²) in [6.07, 6.45) is 0.186. The Morgan fingerprint density at radius 1 is 0.976 bits per heavy atom. The zero-order valence-corrected chi connectivity index (χ0v) is 25.6. The Labute approximate surface area is 248 Å². The molecule has 218 valence electrons. The predicted molar refractivity (Wildman–Crippen MR) is 162 cm³/mol. The quantitative estimate of drug-likeness (QED) is 0.220. The largest absolute Gasteiger partial charge is 0.467 e. The minimum Gasteiger partial charge on any atom is -0.467 e. The number of halogens is 1. The number of amides is 1. The molecule has 0 saturated heterocycles. The van der Waals surface area contributed by atoms with E-state index in [9.17, 15) is 18.0 Å². The van der Waals surface area contributed by atoms with Gasteiger partial charge in [-0.15, -0.1) is 0 Å². The molecule has 0 saturated carbocycles. The molecule has 0 fully saturated rings. The number of hydrogen-bond acceptors (Lipinski definition) is 5. The normalized spacial score (nSPS) is 13.3. The highest BCUT2D eigenvalue weighted by Crippen LogP contribution is 2.37. The zero-order valence-electron chi connectivity index (χ0n) is 24.1. The van der Waals surface area contributed by atoms with Crippen LogP contribution in [0.1, 0.15) is 43.5 Å². The van der Waals surface area contributed by atoms with Crippen LogP contribution in [0.25, 0.3) is 0 Å². The van der Waals surface area contributed by atoms with E-state index >= 15 is 0 Å². The minimum absolute atomic E-state index is 0.0457. The Kier molecular flexibility index (Phi) is 10.5. The van der Waals surface area contributed by atoms with Gasteiger partial charge in [0.05, 0.1) is 18.0 Å².